The number of imidazole rings is 1. The van der Waals surface area contributed by atoms with E-state index in [0.29, 0.717) is 25.9 Å². The minimum Gasteiger partial charge on any atom is -0.388 e. The summed E-state index contributed by atoms with van der Waals surface area (Å²) in [5, 5.41) is 13.7. The predicted molar refractivity (Wildman–Crippen MR) is 104 cm³/mol. The molecule has 1 aliphatic rings. The number of carbonyl (C=O) groups is 1. The van der Waals surface area contributed by atoms with Crippen LogP contribution in [0, 0.1) is 5.82 Å². The first-order chi connectivity index (χ1) is 13.4. The second-order valence-electron chi connectivity index (χ2n) is 7.54. The monoisotopic (exact) mass is 382 g/mol. The number of likely N-dealkylation sites (tertiary alicyclic amines) is 1. The molecule has 0 aliphatic carbocycles. The van der Waals surface area contributed by atoms with Crippen LogP contribution in [0.5, 0.6) is 0 Å². The molecule has 2 heterocycles. The van der Waals surface area contributed by atoms with Crippen molar-refractivity contribution in [3.63, 3.8) is 0 Å². The maximum absolute atomic E-state index is 13.4. The summed E-state index contributed by atoms with van der Waals surface area (Å²) in [7, 11) is 1.94. The zero-order valence-corrected chi connectivity index (χ0v) is 15.7. The highest BCUT2D eigenvalue weighted by atomic mass is 19.1. The summed E-state index contributed by atoms with van der Waals surface area (Å²) in [5.41, 5.74) is 2.59. The molecular formula is C21H23FN4O2. The van der Waals surface area contributed by atoms with E-state index in [-0.39, 0.29) is 18.4 Å². The van der Waals surface area contributed by atoms with Crippen LogP contribution in [0.15, 0.2) is 48.8 Å². The fraction of sp³-hybridized carbons (Fsp3) is 0.333. The Labute approximate surface area is 162 Å². The van der Waals surface area contributed by atoms with Gasteiger partial charge in [0.05, 0.1) is 29.5 Å². The number of aliphatic hydroxyl groups is 1. The van der Waals surface area contributed by atoms with Crippen LogP contribution < -0.4 is 5.32 Å². The number of hydrogen-bond acceptors (Lipinski definition) is 3. The average Bonchev–Trinajstić information content (AvgIpc) is 3.23. The Morgan fingerprint density at radius 3 is 2.96 bits per heavy atom. The molecule has 7 heteroatoms. The topological polar surface area (TPSA) is 70.4 Å². The molecule has 0 saturated carbocycles. The zero-order valence-electron chi connectivity index (χ0n) is 15.7. The van der Waals surface area contributed by atoms with E-state index >= 15 is 0 Å². The van der Waals surface area contributed by atoms with Gasteiger partial charge in [-0.3, -0.25) is 0 Å². The van der Waals surface area contributed by atoms with Gasteiger partial charge in [-0.15, -0.1) is 0 Å². The van der Waals surface area contributed by atoms with Gasteiger partial charge < -0.3 is 19.9 Å². The lowest BCUT2D eigenvalue weighted by Crippen LogP contribution is -2.42. The molecule has 4 rings (SSSR count). The first-order valence-corrected chi connectivity index (χ1v) is 9.31. The molecule has 3 aromatic rings. The van der Waals surface area contributed by atoms with Crippen molar-refractivity contribution in [2.45, 2.75) is 25.0 Å². The van der Waals surface area contributed by atoms with Gasteiger partial charge in [0.1, 0.15) is 5.82 Å². The molecule has 146 valence electrons. The number of aromatic nitrogens is 2. The third kappa shape index (κ3) is 3.84. The fourth-order valence-corrected chi connectivity index (χ4v) is 3.78. The van der Waals surface area contributed by atoms with Gasteiger partial charge in [0.25, 0.3) is 0 Å². The molecule has 6 nitrogen and oxygen atoms in total. The summed E-state index contributed by atoms with van der Waals surface area (Å²) < 4.78 is 15.3. The SMILES string of the molecule is Cn1cnc2cc(CNC(=O)N3CCC(O)(Cc4cccc(F)c4)C3)ccc21. The number of nitrogens with zero attached hydrogens (tertiary/aromatic N) is 3. The Balaban J connectivity index is 1.34. The predicted octanol–water partition coefficient (Wildman–Crippen LogP) is 2.60. The average molecular weight is 382 g/mol. The highest BCUT2D eigenvalue weighted by molar-refractivity contribution is 5.77. The van der Waals surface area contributed by atoms with Crippen molar-refractivity contribution in [1.29, 1.82) is 0 Å². The van der Waals surface area contributed by atoms with Crippen molar-refractivity contribution in [2.24, 2.45) is 7.05 Å². The molecule has 1 aliphatic heterocycles. The van der Waals surface area contributed by atoms with Gasteiger partial charge in [0.15, 0.2) is 0 Å². The van der Waals surface area contributed by atoms with Gasteiger partial charge in [-0.2, -0.15) is 0 Å². The van der Waals surface area contributed by atoms with Crippen molar-refractivity contribution in [3.05, 3.63) is 65.7 Å². The van der Waals surface area contributed by atoms with Gasteiger partial charge in [-0.25, -0.2) is 14.2 Å². The molecule has 0 radical (unpaired) electrons. The normalized spacial score (nSPS) is 19.3. The quantitative estimate of drug-likeness (QED) is 0.729. The molecule has 1 aromatic heterocycles. The van der Waals surface area contributed by atoms with Crippen LogP contribution in [0.4, 0.5) is 9.18 Å². The summed E-state index contributed by atoms with van der Waals surface area (Å²) in [6.45, 7) is 1.09. The van der Waals surface area contributed by atoms with E-state index in [2.05, 4.69) is 10.3 Å². The standard InChI is InChI=1S/C21H23FN4O2/c1-25-14-24-18-10-16(5-6-19(18)25)12-23-20(27)26-8-7-21(28,13-26)11-15-3-2-4-17(22)9-15/h2-6,9-10,14,28H,7-8,11-13H2,1H3,(H,23,27). The van der Waals surface area contributed by atoms with Crippen LogP contribution in [0.1, 0.15) is 17.5 Å². The first kappa shape index (κ1) is 18.4. The van der Waals surface area contributed by atoms with Crippen LogP contribution in [0.2, 0.25) is 0 Å². The number of benzene rings is 2. The summed E-state index contributed by atoms with van der Waals surface area (Å²) in [6, 6.07) is 11.9. The van der Waals surface area contributed by atoms with Gasteiger partial charge in [0, 0.05) is 26.6 Å². The van der Waals surface area contributed by atoms with Gasteiger partial charge >= 0.3 is 6.03 Å². The highest BCUT2D eigenvalue weighted by Crippen LogP contribution is 2.26. The van der Waals surface area contributed by atoms with E-state index in [4.69, 9.17) is 0 Å². The van der Waals surface area contributed by atoms with Crippen molar-refractivity contribution < 1.29 is 14.3 Å². The molecule has 2 aromatic carbocycles. The third-order valence-electron chi connectivity index (χ3n) is 5.28. The van der Waals surface area contributed by atoms with Gasteiger partial charge in [0.2, 0.25) is 0 Å². The fourth-order valence-electron chi connectivity index (χ4n) is 3.78. The number of aryl methyl sites for hydroxylation is 1. The lowest BCUT2D eigenvalue weighted by Gasteiger charge is -2.23. The Morgan fingerprint density at radius 2 is 2.14 bits per heavy atom. The van der Waals surface area contributed by atoms with Crippen molar-refractivity contribution in [1.82, 2.24) is 19.8 Å². The van der Waals surface area contributed by atoms with Crippen molar-refractivity contribution in [2.75, 3.05) is 13.1 Å². The van der Waals surface area contributed by atoms with E-state index < -0.39 is 5.60 Å². The van der Waals surface area contributed by atoms with Crippen molar-refractivity contribution >= 4 is 17.1 Å². The number of urea groups is 1. The zero-order chi connectivity index (χ0) is 19.7. The minimum atomic E-state index is -1.03. The number of nitrogens with one attached hydrogen (secondary N) is 1. The minimum absolute atomic E-state index is 0.212. The molecule has 0 spiro atoms. The molecule has 2 N–H and O–H groups in total. The summed E-state index contributed by atoms with van der Waals surface area (Å²) in [6.07, 6.45) is 2.55. The number of carbonyl (C=O) groups excluding carboxylic acids is 1. The highest BCUT2D eigenvalue weighted by Gasteiger charge is 2.38. The molecule has 1 fully saturated rings. The summed E-state index contributed by atoms with van der Waals surface area (Å²) in [4.78, 5) is 18.4. The maximum atomic E-state index is 13.4. The van der Waals surface area contributed by atoms with Crippen LogP contribution in [-0.2, 0) is 20.0 Å². The number of halogens is 1. The van der Waals surface area contributed by atoms with E-state index in [1.54, 1.807) is 23.4 Å². The first-order valence-electron chi connectivity index (χ1n) is 9.31. The molecule has 28 heavy (non-hydrogen) atoms. The molecule has 0 bridgehead atoms. The Morgan fingerprint density at radius 1 is 1.29 bits per heavy atom. The summed E-state index contributed by atoms with van der Waals surface area (Å²) in [5.74, 6) is -0.321. The molecular weight excluding hydrogens is 359 g/mol. The van der Waals surface area contributed by atoms with E-state index in [9.17, 15) is 14.3 Å². The Bertz CT molecular complexity index is 1020. The summed E-state index contributed by atoms with van der Waals surface area (Å²) >= 11 is 0. The van der Waals surface area contributed by atoms with Crippen LogP contribution in [-0.4, -0.2) is 44.3 Å². The molecule has 1 atom stereocenters. The van der Waals surface area contributed by atoms with Crippen molar-refractivity contribution in [3.8, 4) is 0 Å². The van der Waals surface area contributed by atoms with Gasteiger partial charge in [-0.05, 0) is 41.8 Å². The van der Waals surface area contributed by atoms with Crippen LogP contribution >= 0.6 is 0 Å². The Kier molecular flexibility index (Phi) is 4.77. The second kappa shape index (κ2) is 7.24. The van der Waals surface area contributed by atoms with E-state index in [0.717, 1.165) is 22.2 Å². The van der Waals surface area contributed by atoms with Crippen LogP contribution in [0.25, 0.3) is 11.0 Å². The van der Waals surface area contributed by atoms with E-state index in [1.807, 2.05) is 29.8 Å². The maximum Gasteiger partial charge on any atom is 0.317 e. The number of rotatable bonds is 4. The largest absolute Gasteiger partial charge is 0.388 e. The van der Waals surface area contributed by atoms with E-state index in [1.165, 1.54) is 12.1 Å². The lowest BCUT2D eigenvalue weighted by atomic mass is 9.94. The Hall–Kier alpha value is -2.93. The van der Waals surface area contributed by atoms with Gasteiger partial charge in [-0.1, -0.05) is 18.2 Å². The number of β-amino-alcohol motifs (C(OH)–C–C–N with tert-alkyl or cyclic N) is 1. The molecule has 2 amide bonds. The molecule has 1 saturated heterocycles. The lowest BCUT2D eigenvalue weighted by molar-refractivity contribution is 0.0527. The number of amides is 2. The molecule has 1 unspecified atom stereocenters. The smallest absolute Gasteiger partial charge is 0.317 e. The number of fused-ring (bicyclic) bond motifs is 1. The second-order valence-corrected chi connectivity index (χ2v) is 7.54. The number of hydrogen-bond donors (Lipinski definition) is 2. The van der Waals surface area contributed by atoms with Crippen LogP contribution in [0.3, 0.4) is 0 Å². The third-order valence-corrected chi connectivity index (χ3v) is 5.28.